The largest absolute Gasteiger partial charge is 0.425 e. The average Bonchev–Trinajstić information content (AvgIpc) is 2.51. The number of ether oxygens (including phenoxy) is 1. The van der Waals surface area contributed by atoms with E-state index in [4.69, 9.17) is 20.8 Å². The van der Waals surface area contributed by atoms with Crippen molar-refractivity contribution in [1.82, 2.24) is 0 Å². The molecular formula is C18H13ClO4. The normalized spacial score (nSPS) is 10.7. The van der Waals surface area contributed by atoms with Crippen LogP contribution in [0.2, 0.25) is 5.02 Å². The fourth-order valence-corrected chi connectivity index (χ4v) is 2.68. The second-order valence-corrected chi connectivity index (χ2v) is 5.47. The van der Waals surface area contributed by atoms with Crippen molar-refractivity contribution in [2.45, 2.75) is 13.3 Å². The molecule has 0 spiro atoms. The van der Waals surface area contributed by atoms with Crippen LogP contribution in [-0.2, 0) is 11.2 Å². The maximum Gasteiger partial charge on any atom is 0.343 e. The Bertz CT molecular complexity index is 929. The first-order valence-corrected chi connectivity index (χ1v) is 7.40. The third-order valence-electron chi connectivity index (χ3n) is 3.40. The van der Waals surface area contributed by atoms with E-state index in [9.17, 15) is 9.59 Å². The zero-order chi connectivity index (χ0) is 16.4. The molecule has 3 aromatic rings. The van der Waals surface area contributed by atoms with E-state index in [2.05, 4.69) is 0 Å². The molecule has 0 aliphatic carbocycles. The van der Waals surface area contributed by atoms with Crippen molar-refractivity contribution < 1.29 is 13.9 Å². The van der Waals surface area contributed by atoms with Crippen molar-refractivity contribution in [3.8, 4) is 5.75 Å². The molecule has 0 aliphatic rings. The van der Waals surface area contributed by atoms with Crippen LogP contribution in [0.15, 0.2) is 57.7 Å². The van der Waals surface area contributed by atoms with E-state index < -0.39 is 11.6 Å². The number of carbonyl (C=O) groups excluding carboxylic acids is 1. The minimum absolute atomic E-state index is 0.165. The SMILES string of the molecule is CC(=O)Oc1c(Cc2ccccc2)c(=O)oc2cccc(Cl)c12. The number of benzene rings is 2. The molecule has 0 atom stereocenters. The number of rotatable bonds is 3. The molecule has 0 bridgehead atoms. The monoisotopic (exact) mass is 328 g/mol. The van der Waals surface area contributed by atoms with Gasteiger partial charge in [0.05, 0.1) is 16.0 Å². The first kappa shape index (κ1) is 15.3. The summed E-state index contributed by atoms with van der Waals surface area (Å²) in [6, 6.07) is 14.3. The molecule has 0 aliphatic heterocycles. The van der Waals surface area contributed by atoms with Gasteiger partial charge in [-0.3, -0.25) is 4.79 Å². The quantitative estimate of drug-likeness (QED) is 0.539. The van der Waals surface area contributed by atoms with Crippen molar-refractivity contribution in [1.29, 1.82) is 0 Å². The predicted octanol–water partition coefficient (Wildman–Crippen LogP) is 3.96. The molecule has 0 saturated carbocycles. The van der Waals surface area contributed by atoms with Crippen molar-refractivity contribution in [3.05, 3.63) is 75.1 Å². The van der Waals surface area contributed by atoms with Crippen LogP contribution < -0.4 is 10.4 Å². The Morgan fingerprint density at radius 3 is 2.57 bits per heavy atom. The lowest BCUT2D eigenvalue weighted by atomic mass is 10.0. The topological polar surface area (TPSA) is 56.5 Å². The Morgan fingerprint density at radius 2 is 1.87 bits per heavy atom. The molecule has 0 unspecified atom stereocenters. The molecule has 3 rings (SSSR count). The Kier molecular flexibility index (Phi) is 4.17. The van der Waals surface area contributed by atoms with Crippen LogP contribution in [0.5, 0.6) is 5.75 Å². The van der Waals surface area contributed by atoms with E-state index in [1.165, 1.54) is 6.92 Å². The van der Waals surface area contributed by atoms with Gasteiger partial charge in [-0.25, -0.2) is 4.79 Å². The van der Waals surface area contributed by atoms with Crippen LogP contribution in [0.1, 0.15) is 18.1 Å². The first-order valence-electron chi connectivity index (χ1n) is 7.03. The molecule has 5 heteroatoms. The molecule has 23 heavy (non-hydrogen) atoms. The van der Waals surface area contributed by atoms with Crippen LogP contribution in [-0.4, -0.2) is 5.97 Å². The maximum absolute atomic E-state index is 12.4. The minimum atomic E-state index is -0.542. The number of hydrogen-bond donors (Lipinski definition) is 0. The van der Waals surface area contributed by atoms with Gasteiger partial charge in [0.25, 0.3) is 0 Å². The molecule has 1 heterocycles. The molecule has 0 saturated heterocycles. The molecule has 1 aromatic heterocycles. The highest BCUT2D eigenvalue weighted by atomic mass is 35.5. The summed E-state index contributed by atoms with van der Waals surface area (Å²) in [7, 11) is 0. The van der Waals surface area contributed by atoms with E-state index in [1.807, 2.05) is 30.3 Å². The summed E-state index contributed by atoms with van der Waals surface area (Å²) in [4.78, 5) is 23.8. The first-order chi connectivity index (χ1) is 11.1. The third-order valence-corrected chi connectivity index (χ3v) is 3.71. The molecule has 4 nitrogen and oxygen atoms in total. The van der Waals surface area contributed by atoms with Gasteiger partial charge >= 0.3 is 11.6 Å². The second-order valence-electron chi connectivity index (χ2n) is 5.07. The van der Waals surface area contributed by atoms with E-state index in [-0.39, 0.29) is 23.3 Å². The summed E-state index contributed by atoms with van der Waals surface area (Å²) in [5.74, 6) is -0.357. The Balaban J connectivity index is 2.27. The molecule has 116 valence electrons. The zero-order valence-electron chi connectivity index (χ0n) is 12.3. The third kappa shape index (κ3) is 3.12. The predicted molar refractivity (Wildman–Crippen MR) is 88.1 cm³/mol. The zero-order valence-corrected chi connectivity index (χ0v) is 13.1. The van der Waals surface area contributed by atoms with Crippen molar-refractivity contribution in [2.75, 3.05) is 0 Å². The second kappa shape index (κ2) is 6.26. The Morgan fingerprint density at radius 1 is 1.13 bits per heavy atom. The standard InChI is InChI=1S/C18H13ClO4/c1-11(20)22-17-13(10-12-6-3-2-4-7-12)18(21)23-15-9-5-8-14(19)16(15)17/h2-9H,10H2,1H3. The lowest BCUT2D eigenvalue weighted by molar-refractivity contribution is -0.131. The smallest absolute Gasteiger partial charge is 0.343 e. The number of carbonyl (C=O) groups is 1. The number of esters is 1. The molecule has 0 radical (unpaired) electrons. The summed E-state index contributed by atoms with van der Waals surface area (Å²) in [6.07, 6.45) is 0.285. The highest BCUT2D eigenvalue weighted by Crippen LogP contribution is 2.34. The van der Waals surface area contributed by atoms with E-state index in [0.29, 0.717) is 10.4 Å². The van der Waals surface area contributed by atoms with Crippen molar-refractivity contribution in [3.63, 3.8) is 0 Å². The molecule has 0 fully saturated rings. The van der Waals surface area contributed by atoms with Crippen LogP contribution in [0.25, 0.3) is 11.0 Å². The van der Waals surface area contributed by atoms with Gasteiger partial charge in [0.2, 0.25) is 0 Å². The Hall–Kier alpha value is -2.59. The highest BCUT2D eigenvalue weighted by molar-refractivity contribution is 6.35. The van der Waals surface area contributed by atoms with Gasteiger partial charge in [-0.15, -0.1) is 0 Å². The lowest BCUT2D eigenvalue weighted by Crippen LogP contribution is -2.14. The Labute approximate surface area is 137 Å². The number of halogens is 1. The fourth-order valence-electron chi connectivity index (χ4n) is 2.42. The van der Waals surface area contributed by atoms with Crippen LogP contribution >= 0.6 is 11.6 Å². The summed E-state index contributed by atoms with van der Waals surface area (Å²) >= 11 is 6.22. The highest BCUT2D eigenvalue weighted by Gasteiger charge is 2.20. The van der Waals surface area contributed by atoms with E-state index in [0.717, 1.165) is 5.56 Å². The van der Waals surface area contributed by atoms with Crippen LogP contribution in [0, 0.1) is 0 Å². The average molecular weight is 329 g/mol. The summed E-state index contributed by atoms with van der Waals surface area (Å²) in [5, 5.41) is 0.784. The van der Waals surface area contributed by atoms with Gasteiger partial charge in [0, 0.05) is 13.3 Å². The summed E-state index contributed by atoms with van der Waals surface area (Å²) in [5.41, 5.74) is 0.919. The summed E-state index contributed by atoms with van der Waals surface area (Å²) < 4.78 is 10.6. The summed E-state index contributed by atoms with van der Waals surface area (Å²) in [6.45, 7) is 1.28. The van der Waals surface area contributed by atoms with Crippen molar-refractivity contribution in [2.24, 2.45) is 0 Å². The number of hydrogen-bond acceptors (Lipinski definition) is 4. The van der Waals surface area contributed by atoms with Gasteiger partial charge in [-0.05, 0) is 17.7 Å². The van der Waals surface area contributed by atoms with Gasteiger partial charge in [-0.1, -0.05) is 48.0 Å². The molecular weight excluding hydrogens is 316 g/mol. The van der Waals surface area contributed by atoms with Gasteiger partial charge in [0.1, 0.15) is 5.58 Å². The molecule has 2 aromatic carbocycles. The van der Waals surface area contributed by atoms with Gasteiger partial charge in [0.15, 0.2) is 5.75 Å². The fraction of sp³-hybridized carbons (Fsp3) is 0.111. The minimum Gasteiger partial charge on any atom is -0.425 e. The lowest BCUT2D eigenvalue weighted by Gasteiger charge is -2.11. The van der Waals surface area contributed by atoms with Crippen LogP contribution in [0.4, 0.5) is 0 Å². The van der Waals surface area contributed by atoms with Crippen molar-refractivity contribution >= 4 is 28.5 Å². The van der Waals surface area contributed by atoms with Gasteiger partial charge in [-0.2, -0.15) is 0 Å². The van der Waals surface area contributed by atoms with E-state index in [1.54, 1.807) is 18.2 Å². The van der Waals surface area contributed by atoms with Gasteiger partial charge < -0.3 is 9.15 Å². The van der Waals surface area contributed by atoms with E-state index >= 15 is 0 Å². The number of fused-ring (bicyclic) bond motifs is 1. The molecule has 0 N–H and O–H groups in total. The molecule has 0 amide bonds. The van der Waals surface area contributed by atoms with Crippen LogP contribution in [0.3, 0.4) is 0 Å². The maximum atomic E-state index is 12.4.